The van der Waals surface area contributed by atoms with E-state index in [1.54, 1.807) is 0 Å². The Labute approximate surface area is 119 Å². The zero-order chi connectivity index (χ0) is 12.5. The van der Waals surface area contributed by atoms with Gasteiger partial charge in [-0.3, -0.25) is 0 Å². The molecule has 2 aromatic rings. The van der Waals surface area contributed by atoms with Crippen molar-refractivity contribution in [1.29, 1.82) is 0 Å². The van der Waals surface area contributed by atoms with Crippen molar-refractivity contribution >= 4 is 39.2 Å². The molecule has 1 aromatic carbocycles. The number of hydrogen-bond acceptors (Lipinski definition) is 2. The van der Waals surface area contributed by atoms with Gasteiger partial charge in [-0.15, -0.1) is 0 Å². The van der Waals surface area contributed by atoms with Crippen LogP contribution >= 0.6 is 28.1 Å². The second-order valence-electron chi connectivity index (χ2n) is 4.67. The minimum Gasteiger partial charge on any atom is -0.378 e. The van der Waals surface area contributed by atoms with Crippen LogP contribution in [0.25, 0.3) is 11.0 Å². The predicted octanol–water partition coefficient (Wildman–Crippen LogP) is 4.03. The van der Waals surface area contributed by atoms with Gasteiger partial charge in [0.05, 0.1) is 17.1 Å². The zero-order valence-electron chi connectivity index (χ0n) is 9.99. The van der Waals surface area contributed by atoms with Gasteiger partial charge in [-0.05, 0) is 49.7 Å². The molecule has 0 bridgehead atoms. The summed E-state index contributed by atoms with van der Waals surface area (Å²) in [4.78, 5) is 3.25. The molecule has 0 radical (unpaired) electrons. The molecule has 0 amide bonds. The fourth-order valence-corrected chi connectivity index (χ4v) is 3.16. The molecule has 1 aromatic heterocycles. The number of rotatable bonds is 3. The van der Waals surface area contributed by atoms with Crippen molar-refractivity contribution in [3.8, 4) is 0 Å². The predicted molar refractivity (Wildman–Crippen MR) is 78.4 cm³/mol. The molecule has 1 aliphatic rings. The lowest BCUT2D eigenvalue weighted by atomic mass is 10.2. The summed E-state index contributed by atoms with van der Waals surface area (Å²) in [5, 5.41) is 0. The summed E-state index contributed by atoms with van der Waals surface area (Å²) in [6.07, 6.45) is 3.82. The van der Waals surface area contributed by atoms with E-state index in [-0.39, 0.29) is 0 Å². The number of ether oxygens (including phenoxy) is 1. The number of fused-ring (bicyclic) bond motifs is 1. The molecule has 2 heterocycles. The summed E-state index contributed by atoms with van der Waals surface area (Å²) in [6.45, 7) is 1.84. The highest BCUT2D eigenvalue weighted by Gasteiger charge is 2.16. The highest BCUT2D eigenvalue weighted by molar-refractivity contribution is 9.10. The Morgan fingerprint density at radius 2 is 2.39 bits per heavy atom. The molecule has 3 nitrogen and oxygen atoms in total. The monoisotopic (exact) mass is 326 g/mol. The lowest BCUT2D eigenvalue weighted by molar-refractivity contribution is 0.101. The summed E-state index contributed by atoms with van der Waals surface area (Å²) < 4.78 is 9.68. The third-order valence-electron chi connectivity index (χ3n) is 3.43. The smallest absolute Gasteiger partial charge is 0.178 e. The largest absolute Gasteiger partial charge is 0.378 e. The van der Waals surface area contributed by atoms with Gasteiger partial charge in [0.25, 0.3) is 0 Å². The fourth-order valence-electron chi connectivity index (χ4n) is 2.50. The summed E-state index contributed by atoms with van der Waals surface area (Å²) >= 11 is 8.86. The van der Waals surface area contributed by atoms with Crippen LogP contribution in [0.2, 0.25) is 0 Å². The Balaban J connectivity index is 1.86. The van der Waals surface area contributed by atoms with E-state index < -0.39 is 0 Å². The van der Waals surface area contributed by atoms with Crippen molar-refractivity contribution in [3.63, 3.8) is 0 Å². The average molecular weight is 327 g/mol. The van der Waals surface area contributed by atoms with Crippen LogP contribution < -0.4 is 0 Å². The minimum absolute atomic E-state index is 0.410. The lowest BCUT2D eigenvalue weighted by Crippen LogP contribution is -2.10. The first-order valence-electron chi connectivity index (χ1n) is 6.24. The average Bonchev–Trinajstić information content (AvgIpc) is 2.93. The highest BCUT2D eigenvalue weighted by Crippen LogP contribution is 2.21. The molecule has 18 heavy (non-hydrogen) atoms. The van der Waals surface area contributed by atoms with Crippen molar-refractivity contribution in [2.75, 3.05) is 6.61 Å². The topological polar surface area (TPSA) is 29.9 Å². The highest BCUT2D eigenvalue weighted by atomic mass is 79.9. The van der Waals surface area contributed by atoms with Gasteiger partial charge in [0, 0.05) is 17.6 Å². The van der Waals surface area contributed by atoms with E-state index in [2.05, 4.69) is 37.6 Å². The Hall–Kier alpha value is -0.650. The zero-order valence-corrected chi connectivity index (χ0v) is 12.4. The van der Waals surface area contributed by atoms with E-state index >= 15 is 0 Å². The van der Waals surface area contributed by atoms with Crippen LogP contribution in [-0.4, -0.2) is 22.3 Å². The maximum absolute atomic E-state index is 5.66. The number of hydrogen-bond donors (Lipinski definition) is 1. The van der Waals surface area contributed by atoms with Crippen molar-refractivity contribution < 1.29 is 4.74 Å². The molecule has 0 spiro atoms. The molecule has 0 aliphatic carbocycles. The van der Waals surface area contributed by atoms with Crippen LogP contribution in [0, 0.1) is 4.77 Å². The van der Waals surface area contributed by atoms with Crippen LogP contribution in [0.5, 0.6) is 0 Å². The van der Waals surface area contributed by atoms with E-state index in [1.807, 2.05) is 6.07 Å². The number of benzene rings is 1. The van der Waals surface area contributed by atoms with Crippen LogP contribution in [0.4, 0.5) is 0 Å². The van der Waals surface area contributed by atoms with Crippen LogP contribution in [-0.2, 0) is 11.3 Å². The molecule has 1 N–H and O–H groups in total. The molecule has 0 saturated carbocycles. The normalized spacial score (nSPS) is 19.7. The molecule has 1 unspecified atom stereocenters. The number of nitrogens with one attached hydrogen (secondary N) is 1. The maximum atomic E-state index is 5.66. The van der Waals surface area contributed by atoms with E-state index in [0.29, 0.717) is 6.10 Å². The lowest BCUT2D eigenvalue weighted by Gasteiger charge is -2.10. The Kier molecular flexibility index (Phi) is 3.54. The summed E-state index contributed by atoms with van der Waals surface area (Å²) in [6, 6.07) is 6.21. The molecule has 96 valence electrons. The standard InChI is InChI=1S/C13H15BrN2OS/c14-9-3-4-12-11(8-9)15-13(18)16(12)6-5-10-2-1-7-17-10/h3-4,8,10H,1-2,5-7H2,(H,15,18). The summed E-state index contributed by atoms with van der Waals surface area (Å²) in [5.41, 5.74) is 2.25. The van der Waals surface area contributed by atoms with E-state index in [0.717, 1.165) is 34.3 Å². The van der Waals surface area contributed by atoms with Crippen molar-refractivity contribution in [2.24, 2.45) is 0 Å². The summed E-state index contributed by atoms with van der Waals surface area (Å²) in [7, 11) is 0. The third-order valence-corrected chi connectivity index (χ3v) is 4.25. The second-order valence-corrected chi connectivity index (χ2v) is 5.97. The number of aromatic amines is 1. The third kappa shape index (κ3) is 2.39. The molecule has 1 saturated heterocycles. The van der Waals surface area contributed by atoms with Gasteiger partial charge in [-0.2, -0.15) is 0 Å². The van der Waals surface area contributed by atoms with E-state index in [9.17, 15) is 0 Å². The molecule has 1 atom stereocenters. The number of imidazole rings is 1. The fraction of sp³-hybridized carbons (Fsp3) is 0.462. The van der Waals surface area contributed by atoms with Gasteiger partial charge in [-0.1, -0.05) is 15.9 Å². The minimum atomic E-state index is 0.410. The number of nitrogens with zero attached hydrogens (tertiary/aromatic N) is 1. The van der Waals surface area contributed by atoms with E-state index in [4.69, 9.17) is 17.0 Å². The molecular weight excluding hydrogens is 312 g/mol. The number of halogens is 1. The van der Waals surface area contributed by atoms with Crippen LogP contribution in [0.1, 0.15) is 19.3 Å². The van der Waals surface area contributed by atoms with Gasteiger partial charge >= 0.3 is 0 Å². The molecule has 3 rings (SSSR count). The van der Waals surface area contributed by atoms with Crippen molar-refractivity contribution in [2.45, 2.75) is 31.9 Å². The Bertz CT molecular complexity index is 613. The Morgan fingerprint density at radius 1 is 1.50 bits per heavy atom. The second kappa shape index (κ2) is 5.15. The molecule has 1 fully saturated rings. The number of aryl methyl sites for hydroxylation is 1. The summed E-state index contributed by atoms with van der Waals surface area (Å²) in [5.74, 6) is 0. The van der Waals surface area contributed by atoms with Gasteiger partial charge in [0.1, 0.15) is 0 Å². The van der Waals surface area contributed by atoms with E-state index in [1.165, 1.54) is 18.4 Å². The van der Waals surface area contributed by atoms with Crippen LogP contribution in [0.15, 0.2) is 22.7 Å². The number of H-pyrrole nitrogens is 1. The molecular formula is C13H15BrN2OS. The van der Waals surface area contributed by atoms with Gasteiger partial charge in [0.2, 0.25) is 0 Å². The van der Waals surface area contributed by atoms with Gasteiger partial charge < -0.3 is 14.3 Å². The molecule has 1 aliphatic heterocycles. The van der Waals surface area contributed by atoms with Crippen LogP contribution in [0.3, 0.4) is 0 Å². The first kappa shape index (κ1) is 12.4. The first-order valence-corrected chi connectivity index (χ1v) is 7.44. The van der Waals surface area contributed by atoms with Gasteiger partial charge in [0.15, 0.2) is 4.77 Å². The first-order chi connectivity index (χ1) is 8.74. The maximum Gasteiger partial charge on any atom is 0.178 e. The number of aromatic nitrogens is 2. The van der Waals surface area contributed by atoms with Crippen molar-refractivity contribution in [3.05, 3.63) is 27.4 Å². The van der Waals surface area contributed by atoms with Crippen molar-refractivity contribution in [1.82, 2.24) is 9.55 Å². The van der Waals surface area contributed by atoms with Gasteiger partial charge in [-0.25, -0.2) is 0 Å². The quantitative estimate of drug-likeness (QED) is 0.863. The Morgan fingerprint density at radius 3 is 3.17 bits per heavy atom. The SMILES string of the molecule is S=c1[nH]c2cc(Br)ccc2n1CCC1CCCO1. The molecule has 5 heteroatoms.